The van der Waals surface area contributed by atoms with Crippen LogP contribution < -0.4 is 0 Å². The third kappa shape index (κ3) is 2.87. The van der Waals surface area contributed by atoms with Crippen molar-refractivity contribution < 1.29 is 18.0 Å². The van der Waals surface area contributed by atoms with Gasteiger partial charge in [-0.3, -0.25) is 4.79 Å². The maximum absolute atomic E-state index is 12.3. The van der Waals surface area contributed by atoms with Crippen LogP contribution in [0.4, 0.5) is 13.2 Å². The van der Waals surface area contributed by atoms with Gasteiger partial charge in [0.15, 0.2) is 5.69 Å². The number of carbonyl (C=O) groups excluding carboxylic acids is 1. The van der Waals surface area contributed by atoms with Gasteiger partial charge < -0.3 is 0 Å². The Kier molecular flexibility index (Phi) is 3.61. The molecule has 0 saturated heterocycles. The van der Waals surface area contributed by atoms with Crippen molar-refractivity contribution in [3.8, 4) is 5.69 Å². The average Bonchev–Trinajstić information content (AvgIpc) is 2.86. The number of rotatable bonds is 3. The SMILES string of the molecule is CC(C)c1cccc(-n2cc(C(=O)C(F)(F)F)nn2)c1. The zero-order valence-corrected chi connectivity index (χ0v) is 10.8. The number of hydrogen-bond donors (Lipinski definition) is 0. The molecule has 0 spiro atoms. The van der Waals surface area contributed by atoms with Gasteiger partial charge in [0, 0.05) is 0 Å². The molecule has 0 fully saturated rings. The molecule has 0 aliphatic carbocycles. The molecule has 2 rings (SSSR count). The summed E-state index contributed by atoms with van der Waals surface area (Å²) in [7, 11) is 0. The smallest absolute Gasteiger partial charge is 0.282 e. The van der Waals surface area contributed by atoms with Crippen molar-refractivity contribution in [3.05, 3.63) is 41.7 Å². The first-order chi connectivity index (χ1) is 9.29. The van der Waals surface area contributed by atoms with Gasteiger partial charge in [-0.05, 0) is 23.6 Å². The highest BCUT2D eigenvalue weighted by Gasteiger charge is 2.41. The van der Waals surface area contributed by atoms with E-state index in [1.807, 2.05) is 19.9 Å². The lowest BCUT2D eigenvalue weighted by Gasteiger charge is -2.07. The van der Waals surface area contributed by atoms with E-state index in [-0.39, 0.29) is 5.92 Å². The second kappa shape index (κ2) is 5.07. The van der Waals surface area contributed by atoms with Crippen molar-refractivity contribution in [2.45, 2.75) is 25.9 Å². The van der Waals surface area contributed by atoms with Crippen molar-refractivity contribution in [3.63, 3.8) is 0 Å². The number of nitrogens with zero attached hydrogens (tertiary/aromatic N) is 3. The summed E-state index contributed by atoms with van der Waals surface area (Å²) in [5, 5.41) is 6.84. The Bertz CT molecular complexity index is 632. The Balaban J connectivity index is 2.34. The Morgan fingerprint density at radius 3 is 2.60 bits per heavy atom. The van der Waals surface area contributed by atoms with Crippen LogP contribution in [0.3, 0.4) is 0 Å². The van der Waals surface area contributed by atoms with E-state index in [9.17, 15) is 18.0 Å². The molecule has 0 atom stereocenters. The Morgan fingerprint density at radius 1 is 1.30 bits per heavy atom. The number of Topliss-reactive ketones (excluding diaryl/α,β-unsaturated/α-hetero) is 1. The average molecular weight is 283 g/mol. The lowest BCUT2D eigenvalue weighted by molar-refractivity contribution is -0.0888. The summed E-state index contributed by atoms with van der Waals surface area (Å²) < 4.78 is 38.0. The molecule has 106 valence electrons. The van der Waals surface area contributed by atoms with Gasteiger partial charge in [-0.15, -0.1) is 5.10 Å². The number of halogens is 3. The second-order valence-corrected chi connectivity index (χ2v) is 4.62. The fourth-order valence-electron chi connectivity index (χ4n) is 1.67. The molecule has 0 aliphatic rings. The first kappa shape index (κ1) is 14.2. The molecule has 1 aromatic carbocycles. The second-order valence-electron chi connectivity index (χ2n) is 4.62. The first-order valence-electron chi connectivity index (χ1n) is 5.93. The van der Waals surface area contributed by atoms with E-state index in [1.165, 1.54) is 0 Å². The maximum Gasteiger partial charge on any atom is 0.456 e. The summed E-state index contributed by atoms with van der Waals surface area (Å²) in [4.78, 5) is 11.0. The zero-order valence-electron chi connectivity index (χ0n) is 10.8. The Labute approximate surface area is 113 Å². The van der Waals surface area contributed by atoms with Crippen molar-refractivity contribution in [1.29, 1.82) is 0 Å². The quantitative estimate of drug-likeness (QED) is 0.813. The van der Waals surface area contributed by atoms with Crippen LogP contribution in [0.1, 0.15) is 35.8 Å². The highest BCUT2D eigenvalue weighted by Crippen LogP contribution is 2.21. The molecule has 0 aliphatic heterocycles. The van der Waals surface area contributed by atoms with E-state index in [2.05, 4.69) is 10.3 Å². The van der Waals surface area contributed by atoms with Gasteiger partial charge >= 0.3 is 6.18 Å². The third-order valence-electron chi connectivity index (χ3n) is 2.78. The summed E-state index contributed by atoms with van der Waals surface area (Å²) in [5.41, 5.74) is 0.860. The number of aromatic nitrogens is 3. The molecule has 7 heteroatoms. The molecule has 0 amide bonds. The van der Waals surface area contributed by atoms with Crippen LogP contribution in [-0.2, 0) is 0 Å². The fourth-order valence-corrected chi connectivity index (χ4v) is 1.67. The van der Waals surface area contributed by atoms with Gasteiger partial charge in [0.05, 0.1) is 11.9 Å². The van der Waals surface area contributed by atoms with Crippen molar-refractivity contribution in [1.82, 2.24) is 15.0 Å². The number of benzene rings is 1. The third-order valence-corrected chi connectivity index (χ3v) is 2.78. The highest BCUT2D eigenvalue weighted by atomic mass is 19.4. The number of carbonyl (C=O) groups is 1. The van der Waals surface area contributed by atoms with Gasteiger partial charge in [-0.25, -0.2) is 4.68 Å². The summed E-state index contributed by atoms with van der Waals surface area (Å²) in [6, 6.07) is 7.16. The summed E-state index contributed by atoms with van der Waals surface area (Å²) in [6.07, 6.45) is -3.96. The molecule has 0 bridgehead atoms. The van der Waals surface area contributed by atoms with Crippen LogP contribution in [-0.4, -0.2) is 27.0 Å². The van der Waals surface area contributed by atoms with Gasteiger partial charge in [-0.2, -0.15) is 13.2 Å². The van der Waals surface area contributed by atoms with E-state index in [4.69, 9.17) is 0 Å². The number of alkyl halides is 3. The van der Waals surface area contributed by atoms with E-state index < -0.39 is 17.7 Å². The van der Waals surface area contributed by atoms with Crippen LogP contribution in [0.5, 0.6) is 0 Å². The first-order valence-corrected chi connectivity index (χ1v) is 5.93. The Hall–Kier alpha value is -2.18. The van der Waals surface area contributed by atoms with E-state index in [1.54, 1.807) is 18.2 Å². The maximum atomic E-state index is 12.3. The van der Waals surface area contributed by atoms with E-state index in [0.717, 1.165) is 16.4 Å². The van der Waals surface area contributed by atoms with Gasteiger partial charge in [0.2, 0.25) is 0 Å². The van der Waals surface area contributed by atoms with Crippen LogP contribution >= 0.6 is 0 Å². The minimum Gasteiger partial charge on any atom is -0.282 e. The van der Waals surface area contributed by atoms with Crippen molar-refractivity contribution in [2.75, 3.05) is 0 Å². The van der Waals surface area contributed by atoms with E-state index >= 15 is 0 Å². The van der Waals surface area contributed by atoms with Crippen LogP contribution in [0.15, 0.2) is 30.5 Å². The molecular formula is C13H12F3N3O. The lowest BCUT2D eigenvalue weighted by Crippen LogP contribution is -2.23. The van der Waals surface area contributed by atoms with Crippen molar-refractivity contribution >= 4 is 5.78 Å². The molecular weight excluding hydrogens is 271 g/mol. The van der Waals surface area contributed by atoms with Gasteiger partial charge in [0.1, 0.15) is 0 Å². The molecule has 0 unspecified atom stereocenters. The minimum atomic E-state index is -4.94. The standard InChI is InChI=1S/C13H12F3N3O/c1-8(2)9-4-3-5-10(6-9)19-7-11(17-18-19)12(20)13(14,15)16/h3-8H,1-2H3. The predicted octanol–water partition coefficient (Wildman–Crippen LogP) is 3.14. The molecule has 20 heavy (non-hydrogen) atoms. The van der Waals surface area contributed by atoms with Crippen LogP contribution in [0.2, 0.25) is 0 Å². The van der Waals surface area contributed by atoms with Crippen LogP contribution in [0.25, 0.3) is 5.69 Å². The number of ketones is 1. The molecule has 0 saturated carbocycles. The predicted molar refractivity (Wildman–Crippen MR) is 65.8 cm³/mol. The molecule has 1 aromatic heterocycles. The monoisotopic (exact) mass is 283 g/mol. The largest absolute Gasteiger partial charge is 0.456 e. The normalized spacial score (nSPS) is 11.9. The fraction of sp³-hybridized carbons (Fsp3) is 0.308. The topological polar surface area (TPSA) is 47.8 Å². The lowest BCUT2D eigenvalue weighted by atomic mass is 10.0. The van der Waals surface area contributed by atoms with Gasteiger partial charge in [0.25, 0.3) is 5.78 Å². The summed E-state index contributed by atoms with van der Waals surface area (Å²) in [6.45, 7) is 4.00. The molecule has 4 nitrogen and oxygen atoms in total. The summed E-state index contributed by atoms with van der Waals surface area (Å²) >= 11 is 0. The zero-order chi connectivity index (χ0) is 14.9. The minimum absolute atomic E-state index is 0.273. The number of hydrogen-bond acceptors (Lipinski definition) is 3. The van der Waals surface area contributed by atoms with Crippen molar-refractivity contribution in [2.24, 2.45) is 0 Å². The van der Waals surface area contributed by atoms with Gasteiger partial charge in [-0.1, -0.05) is 31.2 Å². The summed E-state index contributed by atoms with van der Waals surface area (Å²) in [5.74, 6) is -1.72. The highest BCUT2D eigenvalue weighted by molar-refractivity contribution is 5.98. The molecule has 0 N–H and O–H groups in total. The molecule has 2 aromatic rings. The molecule has 0 radical (unpaired) electrons. The van der Waals surface area contributed by atoms with E-state index in [0.29, 0.717) is 5.69 Å². The Morgan fingerprint density at radius 2 is 2.00 bits per heavy atom. The van der Waals surface area contributed by atoms with Crippen LogP contribution in [0, 0.1) is 0 Å². The molecule has 1 heterocycles.